The van der Waals surface area contributed by atoms with Crippen LogP contribution in [0.1, 0.15) is 15.9 Å². The molecular weight excluding hydrogens is 308 g/mol. The van der Waals surface area contributed by atoms with Crippen LogP contribution < -0.4 is 10.6 Å². The number of anilines is 3. The number of hydrogen-bond donors (Lipinski definition) is 2. The summed E-state index contributed by atoms with van der Waals surface area (Å²) >= 11 is 1.48. The molecule has 0 aliphatic carbocycles. The molecule has 3 aromatic rings. The molecule has 112 valence electrons. The highest BCUT2D eigenvalue weighted by atomic mass is 32.1. The molecule has 0 fully saturated rings. The largest absolute Gasteiger partial charge is 0.332 e. The fraction of sp³-hybridized carbons (Fsp3) is 0. The van der Waals surface area contributed by atoms with Gasteiger partial charge in [-0.3, -0.25) is 4.79 Å². The maximum absolute atomic E-state index is 12.4. The van der Waals surface area contributed by atoms with Crippen molar-refractivity contribution in [2.24, 2.45) is 0 Å². The van der Waals surface area contributed by atoms with Crippen molar-refractivity contribution in [2.45, 2.75) is 0 Å². The first kappa shape index (κ1) is 14.8. The van der Waals surface area contributed by atoms with Crippen molar-refractivity contribution in [1.29, 1.82) is 5.26 Å². The molecule has 0 saturated carbocycles. The molecule has 0 atom stereocenters. The Hall–Kier alpha value is -3.17. The third-order valence-corrected chi connectivity index (χ3v) is 3.79. The zero-order valence-electron chi connectivity index (χ0n) is 12.0. The zero-order valence-corrected chi connectivity index (χ0v) is 12.8. The number of carbonyl (C=O) groups excluding carboxylic acids is 1. The molecule has 0 saturated heterocycles. The van der Waals surface area contributed by atoms with Crippen molar-refractivity contribution in [3.63, 3.8) is 0 Å². The molecule has 5 nitrogen and oxygen atoms in total. The van der Waals surface area contributed by atoms with E-state index in [4.69, 9.17) is 5.26 Å². The summed E-state index contributed by atoms with van der Waals surface area (Å²) < 4.78 is 0. The van der Waals surface area contributed by atoms with Crippen LogP contribution in [-0.4, -0.2) is 10.9 Å². The second-order valence-corrected chi connectivity index (χ2v) is 5.55. The summed E-state index contributed by atoms with van der Waals surface area (Å²) in [6, 6.07) is 16.1. The fourth-order valence-electron chi connectivity index (χ4n) is 2.03. The van der Waals surface area contributed by atoms with E-state index in [1.54, 1.807) is 48.7 Å². The number of benzene rings is 2. The summed E-state index contributed by atoms with van der Waals surface area (Å²) in [5, 5.41) is 17.6. The summed E-state index contributed by atoms with van der Waals surface area (Å²) in [6.07, 6.45) is 1.71. The van der Waals surface area contributed by atoms with Crippen molar-refractivity contribution >= 4 is 33.8 Å². The molecule has 23 heavy (non-hydrogen) atoms. The van der Waals surface area contributed by atoms with Gasteiger partial charge in [-0.25, -0.2) is 4.98 Å². The van der Waals surface area contributed by atoms with Gasteiger partial charge in [-0.1, -0.05) is 18.2 Å². The minimum Gasteiger partial charge on any atom is -0.332 e. The fourth-order valence-corrected chi connectivity index (χ4v) is 2.58. The lowest BCUT2D eigenvalue weighted by Crippen LogP contribution is -2.13. The number of nitriles is 1. The first-order chi connectivity index (χ1) is 11.3. The standard InChI is InChI=1S/C17H12N4OS/c18-11-13-4-1-2-7-15(13)21-16(22)12-5-3-6-14(10-12)20-17-19-8-9-23-17/h1-10H,(H,19,20)(H,21,22). The van der Waals surface area contributed by atoms with Crippen molar-refractivity contribution < 1.29 is 4.79 Å². The summed E-state index contributed by atoms with van der Waals surface area (Å²) in [6.45, 7) is 0. The van der Waals surface area contributed by atoms with E-state index in [1.165, 1.54) is 11.3 Å². The van der Waals surface area contributed by atoms with Crippen molar-refractivity contribution in [1.82, 2.24) is 4.98 Å². The van der Waals surface area contributed by atoms with Crippen LogP contribution in [-0.2, 0) is 0 Å². The van der Waals surface area contributed by atoms with E-state index in [-0.39, 0.29) is 5.91 Å². The van der Waals surface area contributed by atoms with E-state index in [2.05, 4.69) is 21.7 Å². The van der Waals surface area contributed by atoms with E-state index in [0.717, 1.165) is 10.8 Å². The van der Waals surface area contributed by atoms with Gasteiger partial charge in [0, 0.05) is 22.8 Å². The summed E-state index contributed by atoms with van der Waals surface area (Å²) in [5.41, 5.74) is 2.21. The van der Waals surface area contributed by atoms with Gasteiger partial charge in [0.25, 0.3) is 5.91 Å². The summed E-state index contributed by atoms with van der Waals surface area (Å²) in [7, 11) is 0. The second-order valence-electron chi connectivity index (χ2n) is 4.65. The first-order valence-electron chi connectivity index (χ1n) is 6.83. The number of rotatable bonds is 4. The number of aromatic nitrogens is 1. The van der Waals surface area contributed by atoms with E-state index in [1.807, 2.05) is 11.4 Å². The number of amides is 1. The Morgan fingerprint density at radius 1 is 1.17 bits per heavy atom. The Morgan fingerprint density at radius 3 is 2.83 bits per heavy atom. The van der Waals surface area contributed by atoms with Gasteiger partial charge < -0.3 is 10.6 Å². The molecule has 0 aliphatic heterocycles. The van der Waals surface area contributed by atoms with Gasteiger partial charge in [0.05, 0.1) is 11.3 Å². The van der Waals surface area contributed by atoms with Gasteiger partial charge in [0.2, 0.25) is 0 Å². The number of carbonyl (C=O) groups is 1. The molecule has 0 bridgehead atoms. The number of para-hydroxylation sites is 1. The average Bonchev–Trinajstić information content (AvgIpc) is 3.08. The Kier molecular flexibility index (Phi) is 4.32. The molecule has 1 heterocycles. The Morgan fingerprint density at radius 2 is 2.04 bits per heavy atom. The van der Waals surface area contributed by atoms with Crippen LogP contribution in [0.15, 0.2) is 60.1 Å². The van der Waals surface area contributed by atoms with E-state index in [0.29, 0.717) is 16.8 Å². The predicted octanol–water partition coefficient (Wildman–Crippen LogP) is 4.01. The van der Waals surface area contributed by atoms with E-state index >= 15 is 0 Å². The van der Waals surface area contributed by atoms with Gasteiger partial charge in [0.15, 0.2) is 5.13 Å². The number of hydrogen-bond acceptors (Lipinski definition) is 5. The monoisotopic (exact) mass is 320 g/mol. The first-order valence-corrected chi connectivity index (χ1v) is 7.71. The lowest BCUT2D eigenvalue weighted by molar-refractivity contribution is 0.102. The third-order valence-electron chi connectivity index (χ3n) is 3.10. The van der Waals surface area contributed by atoms with Crippen molar-refractivity contribution in [2.75, 3.05) is 10.6 Å². The maximum Gasteiger partial charge on any atom is 0.255 e. The Balaban J connectivity index is 1.79. The molecule has 6 heteroatoms. The van der Waals surface area contributed by atoms with Crippen LogP contribution in [0, 0.1) is 11.3 Å². The molecule has 0 unspecified atom stereocenters. The Labute approximate surface area is 137 Å². The maximum atomic E-state index is 12.4. The minimum atomic E-state index is -0.268. The van der Waals surface area contributed by atoms with Crippen LogP contribution >= 0.6 is 11.3 Å². The molecule has 3 rings (SSSR count). The van der Waals surface area contributed by atoms with Crippen molar-refractivity contribution in [3.05, 3.63) is 71.2 Å². The summed E-state index contributed by atoms with van der Waals surface area (Å²) in [4.78, 5) is 16.5. The zero-order chi connectivity index (χ0) is 16.1. The van der Waals surface area contributed by atoms with Gasteiger partial charge in [-0.05, 0) is 30.3 Å². The quantitative estimate of drug-likeness (QED) is 0.761. The van der Waals surface area contributed by atoms with Crippen molar-refractivity contribution in [3.8, 4) is 6.07 Å². The highest BCUT2D eigenvalue weighted by Crippen LogP contribution is 2.20. The molecule has 0 radical (unpaired) electrons. The molecule has 2 N–H and O–H groups in total. The topological polar surface area (TPSA) is 77.8 Å². The van der Waals surface area contributed by atoms with Crippen LogP contribution in [0.3, 0.4) is 0 Å². The van der Waals surface area contributed by atoms with E-state index in [9.17, 15) is 4.79 Å². The highest BCUT2D eigenvalue weighted by molar-refractivity contribution is 7.13. The van der Waals surface area contributed by atoms with Crippen LogP contribution in [0.5, 0.6) is 0 Å². The molecule has 0 spiro atoms. The number of thiazole rings is 1. The Bertz CT molecular complexity index is 868. The number of nitrogens with zero attached hydrogens (tertiary/aromatic N) is 2. The van der Waals surface area contributed by atoms with Gasteiger partial charge in [0.1, 0.15) is 6.07 Å². The highest BCUT2D eigenvalue weighted by Gasteiger charge is 2.09. The third kappa shape index (κ3) is 3.54. The lowest BCUT2D eigenvalue weighted by Gasteiger charge is -2.08. The average molecular weight is 320 g/mol. The molecular formula is C17H12N4OS. The SMILES string of the molecule is N#Cc1ccccc1NC(=O)c1cccc(Nc2nccs2)c1. The van der Waals surface area contributed by atoms with Crippen LogP contribution in [0.25, 0.3) is 0 Å². The van der Waals surface area contributed by atoms with Gasteiger partial charge >= 0.3 is 0 Å². The normalized spacial score (nSPS) is 9.87. The smallest absolute Gasteiger partial charge is 0.255 e. The molecule has 1 aromatic heterocycles. The second kappa shape index (κ2) is 6.73. The van der Waals surface area contributed by atoms with Gasteiger partial charge in [-0.2, -0.15) is 5.26 Å². The predicted molar refractivity (Wildman–Crippen MR) is 90.9 cm³/mol. The summed E-state index contributed by atoms with van der Waals surface area (Å²) in [5.74, 6) is -0.268. The molecule has 0 aliphatic rings. The van der Waals surface area contributed by atoms with E-state index < -0.39 is 0 Å². The van der Waals surface area contributed by atoms with Crippen LogP contribution in [0.4, 0.5) is 16.5 Å². The van der Waals surface area contributed by atoms with Crippen LogP contribution in [0.2, 0.25) is 0 Å². The molecule has 1 amide bonds. The molecule has 2 aromatic carbocycles. The minimum absolute atomic E-state index is 0.268. The number of nitrogens with one attached hydrogen (secondary N) is 2. The lowest BCUT2D eigenvalue weighted by atomic mass is 10.1. The van der Waals surface area contributed by atoms with Gasteiger partial charge in [-0.15, -0.1) is 11.3 Å².